The highest BCUT2D eigenvalue weighted by Gasteiger charge is 2.07. The van der Waals surface area contributed by atoms with Crippen LogP contribution in [-0.2, 0) is 9.53 Å². The van der Waals surface area contributed by atoms with Gasteiger partial charge < -0.3 is 4.74 Å². The number of ether oxygens (including phenoxy) is 1. The Balaban J connectivity index is 3.56. The van der Waals surface area contributed by atoms with Gasteiger partial charge in [0.05, 0.1) is 6.61 Å². The predicted molar refractivity (Wildman–Crippen MR) is 91.4 cm³/mol. The van der Waals surface area contributed by atoms with Crippen molar-refractivity contribution in [1.82, 2.24) is 0 Å². The van der Waals surface area contributed by atoms with Crippen LogP contribution in [0.5, 0.6) is 0 Å². The summed E-state index contributed by atoms with van der Waals surface area (Å²) in [6, 6.07) is 0. The first-order chi connectivity index (χ1) is 10.2. The summed E-state index contributed by atoms with van der Waals surface area (Å²) in [5.41, 5.74) is 0. The van der Waals surface area contributed by atoms with Gasteiger partial charge in [-0.2, -0.15) is 0 Å². The maximum Gasteiger partial charge on any atom is 0.330 e. The number of carbonyl (C=O) groups excluding carboxylic acids is 1. The van der Waals surface area contributed by atoms with Crippen LogP contribution in [0, 0.1) is 5.92 Å². The zero-order valence-electron chi connectivity index (χ0n) is 14.5. The molecule has 0 aliphatic carbocycles. The minimum Gasteiger partial charge on any atom is -0.462 e. The number of hydrogen-bond acceptors (Lipinski definition) is 2. The molecule has 0 aromatic rings. The molecule has 0 fully saturated rings. The average Bonchev–Trinajstić information content (AvgIpc) is 2.50. The van der Waals surface area contributed by atoms with E-state index in [0.717, 1.165) is 12.8 Å². The Hall–Kier alpha value is -0.790. The molecule has 0 bridgehead atoms. The van der Waals surface area contributed by atoms with Crippen molar-refractivity contribution in [2.75, 3.05) is 6.61 Å². The van der Waals surface area contributed by atoms with Crippen molar-refractivity contribution in [3.8, 4) is 0 Å². The van der Waals surface area contributed by atoms with Gasteiger partial charge in [-0.3, -0.25) is 0 Å². The van der Waals surface area contributed by atoms with Crippen molar-refractivity contribution < 1.29 is 9.53 Å². The molecule has 21 heavy (non-hydrogen) atoms. The zero-order chi connectivity index (χ0) is 15.8. The quantitative estimate of drug-likeness (QED) is 0.221. The van der Waals surface area contributed by atoms with Gasteiger partial charge >= 0.3 is 5.97 Å². The second-order valence-electron chi connectivity index (χ2n) is 6.01. The van der Waals surface area contributed by atoms with Crippen LogP contribution in [0.3, 0.4) is 0 Å². The lowest BCUT2D eigenvalue weighted by molar-refractivity contribution is -0.139. The van der Waals surface area contributed by atoms with Crippen molar-refractivity contribution in [1.29, 1.82) is 0 Å². The molecule has 0 amide bonds. The van der Waals surface area contributed by atoms with E-state index < -0.39 is 0 Å². The highest BCUT2D eigenvalue weighted by molar-refractivity contribution is 5.81. The molecule has 0 aliphatic rings. The number of unbranched alkanes of at least 4 members (excludes halogenated alkanes) is 7. The van der Waals surface area contributed by atoms with Gasteiger partial charge in [-0.15, -0.1) is 0 Å². The molecule has 124 valence electrons. The smallest absolute Gasteiger partial charge is 0.330 e. The summed E-state index contributed by atoms with van der Waals surface area (Å²) < 4.78 is 5.33. The van der Waals surface area contributed by atoms with Crippen LogP contribution in [0.4, 0.5) is 0 Å². The van der Waals surface area contributed by atoms with Crippen LogP contribution in [0.25, 0.3) is 0 Å². The van der Waals surface area contributed by atoms with Gasteiger partial charge in [-0.25, -0.2) is 4.79 Å². The van der Waals surface area contributed by atoms with Crippen molar-refractivity contribution in [2.24, 2.45) is 5.92 Å². The lowest BCUT2D eigenvalue weighted by Gasteiger charge is -2.13. The maximum absolute atomic E-state index is 11.6. The fourth-order valence-electron chi connectivity index (χ4n) is 2.37. The fraction of sp³-hybridized carbons (Fsp3) is 0.842. The second kappa shape index (κ2) is 15.6. The number of hydrogen-bond donors (Lipinski definition) is 0. The normalized spacial score (nSPS) is 12.7. The standard InChI is InChI=1S/C19H36O2/c1-4-7-9-10-11-12-13-14-16-19(20)21-17-18(6-3)15-8-5-2/h14,16,18H,4-13,15,17H2,1-3H3. The first-order valence-corrected chi connectivity index (χ1v) is 9.07. The number of rotatable bonds is 14. The van der Waals surface area contributed by atoms with Gasteiger partial charge in [-0.05, 0) is 25.2 Å². The van der Waals surface area contributed by atoms with Crippen LogP contribution in [0.2, 0.25) is 0 Å². The Morgan fingerprint density at radius 3 is 2.29 bits per heavy atom. The SMILES string of the molecule is CCCCCCCCC=CC(=O)OCC(CC)CCCC. The van der Waals surface area contributed by atoms with Gasteiger partial charge in [0.25, 0.3) is 0 Å². The molecule has 2 heteroatoms. The van der Waals surface area contributed by atoms with Crippen molar-refractivity contribution in [2.45, 2.75) is 91.4 Å². The highest BCUT2D eigenvalue weighted by Crippen LogP contribution is 2.13. The Morgan fingerprint density at radius 2 is 1.62 bits per heavy atom. The van der Waals surface area contributed by atoms with E-state index in [0.29, 0.717) is 12.5 Å². The zero-order valence-corrected chi connectivity index (χ0v) is 14.5. The van der Waals surface area contributed by atoms with E-state index in [9.17, 15) is 4.79 Å². The molecule has 0 aromatic carbocycles. The number of allylic oxidation sites excluding steroid dienone is 1. The molecular weight excluding hydrogens is 260 g/mol. The Labute approximate surface area is 132 Å². The minimum atomic E-state index is -0.170. The van der Waals surface area contributed by atoms with Gasteiger partial charge in [0.1, 0.15) is 0 Å². The molecule has 1 unspecified atom stereocenters. The van der Waals surface area contributed by atoms with E-state index in [4.69, 9.17) is 4.74 Å². The summed E-state index contributed by atoms with van der Waals surface area (Å²) in [5, 5.41) is 0. The summed E-state index contributed by atoms with van der Waals surface area (Å²) in [6.07, 6.45) is 17.0. The molecule has 0 rings (SSSR count). The second-order valence-corrected chi connectivity index (χ2v) is 6.01. The third-order valence-corrected chi connectivity index (χ3v) is 3.98. The maximum atomic E-state index is 11.6. The molecule has 2 nitrogen and oxygen atoms in total. The van der Waals surface area contributed by atoms with Crippen molar-refractivity contribution in [3.05, 3.63) is 12.2 Å². The molecule has 0 N–H and O–H groups in total. The first kappa shape index (κ1) is 20.2. The van der Waals surface area contributed by atoms with E-state index in [1.807, 2.05) is 6.08 Å². The van der Waals surface area contributed by atoms with E-state index in [-0.39, 0.29) is 5.97 Å². The Morgan fingerprint density at radius 1 is 0.952 bits per heavy atom. The van der Waals surface area contributed by atoms with Gasteiger partial charge in [0.15, 0.2) is 0 Å². The van der Waals surface area contributed by atoms with Gasteiger partial charge in [0.2, 0.25) is 0 Å². The summed E-state index contributed by atoms with van der Waals surface area (Å²) in [7, 11) is 0. The monoisotopic (exact) mass is 296 g/mol. The lowest BCUT2D eigenvalue weighted by atomic mass is 10.0. The molecule has 0 heterocycles. The molecule has 0 aliphatic heterocycles. The lowest BCUT2D eigenvalue weighted by Crippen LogP contribution is -2.12. The molecule has 0 aromatic heterocycles. The molecule has 0 spiro atoms. The minimum absolute atomic E-state index is 0.170. The van der Waals surface area contributed by atoms with E-state index in [1.165, 1.54) is 57.8 Å². The highest BCUT2D eigenvalue weighted by atomic mass is 16.5. The third kappa shape index (κ3) is 13.9. The van der Waals surface area contributed by atoms with Gasteiger partial charge in [-0.1, -0.05) is 78.2 Å². The van der Waals surface area contributed by atoms with Gasteiger partial charge in [0, 0.05) is 6.08 Å². The summed E-state index contributed by atoms with van der Waals surface area (Å²) in [4.78, 5) is 11.6. The van der Waals surface area contributed by atoms with Crippen LogP contribution in [-0.4, -0.2) is 12.6 Å². The van der Waals surface area contributed by atoms with Crippen molar-refractivity contribution >= 4 is 5.97 Å². The van der Waals surface area contributed by atoms with Crippen molar-refractivity contribution in [3.63, 3.8) is 0 Å². The molecule has 0 saturated heterocycles. The Kier molecular flexibility index (Phi) is 15.0. The van der Waals surface area contributed by atoms with E-state index in [2.05, 4.69) is 20.8 Å². The van der Waals surface area contributed by atoms with Crippen LogP contribution in [0.15, 0.2) is 12.2 Å². The van der Waals surface area contributed by atoms with Crippen LogP contribution in [0.1, 0.15) is 91.4 Å². The summed E-state index contributed by atoms with van der Waals surface area (Å²) in [6.45, 7) is 7.18. The van der Waals surface area contributed by atoms with Crippen LogP contribution < -0.4 is 0 Å². The topological polar surface area (TPSA) is 26.3 Å². The third-order valence-electron chi connectivity index (χ3n) is 3.98. The first-order valence-electron chi connectivity index (χ1n) is 9.07. The molecule has 1 atom stereocenters. The van der Waals surface area contributed by atoms with E-state index >= 15 is 0 Å². The molecule has 0 radical (unpaired) electrons. The average molecular weight is 296 g/mol. The fourth-order valence-corrected chi connectivity index (χ4v) is 2.37. The van der Waals surface area contributed by atoms with E-state index in [1.54, 1.807) is 6.08 Å². The number of carbonyl (C=O) groups is 1. The van der Waals surface area contributed by atoms with Crippen LogP contribution >= 0.6 is 0 Å². The number of esters is 1. The molecular formula is C19H36O2. The molecule has 0 saturated carbocycles. The predicted octanol–water partition coefficient (Wildman–Crippen LogP) is 6.05. The largest absolute Gasteiger partial charge is 0.462 e. The Bertz CT molecular complexity index is 258. The summed E-state index contributed by atoms with van der Waals surface area (Å²) in [5.74, 6) is 0.358. The summed E-state index contributed by atoms with van der Waals surface area (Å²) >= 11 is 0.